The first kappa shape index (κ1) is 29.2. The summed E-state index contributed by atoms with van der Waals surface area (Å²) in [7, 11) is 0. The Morgan fingerprint density at radius 1 is 0.531 bits per heavy atom. The standard InChI is InChI=1S/C30H59N2/c1-4-7-10-13-15-17-18-20-22-25-30-31(26-23-12-9-6-3)28-29-32(30)27-24-21-19-16-14-11-8-5-2/h28-29H,4-27H2,1-3H3/q+1. The van der Waals surface area contributed by atoms with Crippen LogP contribution in [0.25, 0.3) is 0 Å². The van der Waals surface area contributed by atoms with Crippen LogP contribution in [0.1, 0.15) is 161 Å². The Morgan fingerprint density at radius 3 is 1.50 bits per heavy atom. The fourth-order valence-electron chi connectivity index (χ4n) is 4.91. The number of imidazole rings is 1. The second kappa shape index (κ2) is 22.0. The lowest BCUT2D eigenvalue weighted by atomic mass is 10.1. The van der Waals surface area contributed by atoms with Crippen molar-refractivity contribution in [1.29, 1.82) is 0 Å². The van der Waals surface area contributed by atoms with Gasteiger partial charge in [-0.05, 0) is 32.1 Å². The lowest BCUT2D eigenvalue weighted by molar-refractivity contribution is -0.704. The molecule has 0 unspecified atom stereocenters. The highest BCUT2D eigenvalue weighted by atomic mass is 15.1. The molecule has 1 heterocycles. The van der Waals surface area contributed by atoms with Gasteiger partial charge in [0, 0.05) is 6.42 Å². The SMILES string of the molecule is CCCCCCCCCCCc1n(CCCCCC)cc[n+]1CCCCCCCCCC. The molecule has 1 aromatic rings. The average molecular weight is 448 g/mol. The van der Waals surface area contributed by atoms with Crippen LogP contribution in [0.5, 0.6) is 0 Å². The van der Waals surface area contributed by atoms with E-state index < -0.39 is 0 Å². The summed E-state index contributed by atoms with van der Waals surface area (Å²) >= 11 is 0. The Bertz CT molecular complexity index is 505. The summed E-state index contributed by atoms with van der Waals surface area (Å²) in [4.78, 5) is 0. The van der Waals surface area contributed by atoms with Crippen LogP contribution in [-0.2, 0) is 19.5 Å². The van der Waals surface area contributed by atoms with Gasteiger partial charge in [0.05, 0.1) is 13.1 Å². The van der Waals surface area contributed by atoms with E-state index in [4.69, 9.17) is 0 Å². The number of aryl methyl sites for hydroxylation is 2. The molecule has 0 amide bonds. The summed E-state index contributed by atoms with van der Waals surface area (Å²) in [6.07, 6.45) is 35.5. The van der Waals surface area contributed by atoms with Crippen LogP contribution in [0, 0.1) is 0 Å². The molecular formula is C30H59N2+. The summed E-state index contributed by atoms with van der Waals surface area (Å²) < 4.78 is 5.19. The molecule has 0 atom stereocenters. The number of hydrogen-bond donors (Lipinski definition) is 0. The summed E-state index contributed by atoms with van der Waals surface area (Å²) in [5.74, 6) is 1.60. The molecule has 1 aromatic heterocycles. The van der Waals surface area contributed by atoms with Crippen molar-refractivity contribution in [3.05, 3.63) is 18.2 Å². The maximum absolute atomic E-state index is 2.60. The smallest absolute Gasteiger partial charge is 0.234 e. The molecule has 0 aliphatic rings. The van der Waals surface area contributed by atoms with Gasteiger partial charge in [0.1, 0.15) is 12.4 Å². The summed E-state index contributed by atoms with van der Waals surface area (Å²) in [6.45, 7) is 9.36. The van der Waals surface area contributed by atoms with Gasteiger partial charge < -0.3 is 0 Å². The molecular weight excluding hydrogens is 388 g/mol. The average Bonchev–Trinajstić information content (AvgIpc) is 3.19. The van der Waals surface area contributed by atoms with Crippen LogP contribution in [0.3, 0.4) is 0 Å². The lowest BCUT2D eigenvalue weighted by Gasteiger charge is -2.07. The molecule has 0 aliphatic carbocycles. The van der Waals surface area contributed by atoms with Gasteiger partial charge in [0.2, 0.25) is 0 Å². The van der Waals surface area contributed by atoms with Gasteiger partial charge in [0.15, 0.2) is 0 Å². The number of hydrogen-bond acceptors (Lipinski definition) is 0. The zero-order chi connectivity index (χ0) is 23.1. The van der Waals surface area contributed by atoms with Crippen molar-refractivity contribution in [1.82, 2.24) is 4.57 Å². The van der Waals surface area contributed by atoms with E-state index in [-0.39, 0.29) is 0 Å². The molecule has 0 fully saturated rings. The monoisotopic (exact) mass is 447 g/mol. The number of unbranched alkanes of at least 4 members (excludes halogenated alkanes) is 18. The topological polar surface area (TPSA) is 8.81 Å². The molecule has 188 valence electrons. The molecule has 2 nitrogen and oxygen atoms in total. The van der Waals surface area contributed by atoms with Crippen molar-refractivity contribution in [2.75, 3.05) is 0 Å². The predicted octanol–water partition coefficient (Wildman–Crippen LogP) is 9.57. The van der Waals surface area contributed by atoms with Crippen molar-refractivity contribution in [3.8, 4) is 0 Å². The van der Waals surface area contributed by atoms with Crippen LogP contribution in [0.4, 0.5) is 0 Å². The molecule has 0 saturated heterocycles. The summed E-state index contributed by atoms with van der Waals surface area (Å²) in [5, 5.41) is 0. The van der Waals surface area contributed by atoms with E-state index >= 15 is 0 Å². The minimum atomic E-state index is 1.22. The van der Waals surface area contributed by atoms with Crippen molar-refractivity contribution >= 4 is 0 Å². The summed E-state index contributed by atoms with van der Waals surface area (Å²) in [5.41, 5.74) is 0. The van der Waals surface area contributed by atoms with Gasteiger partial charge in [-0.1, -0.05) is 124 Å². The molecule has 0 aromatic carbocycles. The molecule has 2 heteroatoms. The second-order valence-electron chi connectivity index (χ2n) is 10.2. The Kier molecular flexibility index (Phi) is 20.1. The van der Waals surface area contributed by atoms with E-state index in [0.717, 1.165) is 0 Å². The van der Waals surface area contributed by atoms with Crippen molar-refractivity contribution < 1.29 is 4.57 Å². The molecule has 0 saturated carbocycles. The van der Waals surface area contributed by atoms with Crippen molar-refractivity contribution in [2.45, 2.75) is 175 Å². The third kappa shape index (κ3) is 15.1. The van der Waals surface area contributed by atoms with Gasteiger partial charge in [-0.15, -0.1) is 0 Å². The first-order valence-corrected chi connectivity index (χ1v) is 14.9. The van der Waals surface area contributed by atoms with Gasteiger partial charge in [-0.2, -0.15) is 0 Å². The van der Waals surface area contributed by atoms with E-state index in [1.165, 1.54) is 154 Å². The van der Waals surface area contributed by atoms with Crippen molar-refractivity contribution in [2.24, 2.45) is 0 Å². The first-order chi connectivity index (χ1) is 15.8. The number of nitrogens with zero attached hydrogens (tertiary/aromatic N) is 2. The Morgan fingerprint density at radius 2 is 0.969 bits per heavy atom. The quantitative estimate of drug-likeness (QED) is 0.110. The first-order valence-electron chi connectivity index (χ1n) is 14.9. The third-order valence-electron chi connectivity index (χ3n) is 7.10. The number of rotatable bonds is 24. The van der Waals surface area contributed by atoms with Crippen molar-refractivity contribution in [3.63, 3.8) is 0 Å². The molecule has 0 aliphatic heterocycles. The van der Waals surface area contributed by atoms with Gasteiger partial charge in [-0.25, -0.2) is 9.13 Å². The van der Waals surface area contributed by atoms with E-state index in [1.54, 1.807) is 5.82 Å². The molecule has 1 rings (SSSR count). The molecule has 0 radical (unpaired) electrons. The molecule has 32 heavy (non-hydrogen) atoms. The third-order valence-corrected chi connectivity index (χ3v) is 7.10. The van der Waals surface area contributed by atoms with Crippen LogP contribution >= 0.6 is 0 Å². The summed E-state index contributed by atoms with van der Waals surface area (Å²) in [6, 6.07) is 0. The van der Waals surface area contributed by atoms with E-state index in [9.17, 15) is 0 Å². The minimum absolute atomic E-state index is 1.22. The van der Waals surface area contributed by atoms with Gasteiger partial charge in [-0.3, -0.25) is 0 Å². The zero-order valence-corrected chi connectivity index (χ0v) is 22.5. The van der Waals surface area contributed by atoms with E-state index in [2.05, 4.69) is 42.3 Å². The van der Waals surface area contributed by atoms with Gasteiger partial charge >= 0.3 is 0 Å². The highest BCUT2D eigenvalue weighted by Gasteiger charge is 2.16. The molecule has 0 spiro atoms. The van der Waals surface area contributed by atoms with E-state index in [0.29, 0.717) is 0 Å². The number of aromatic nitrogens is 2. The predicted molar refractivity (Wildman–Crippen MR) is 142 cm³/mol. The minimum Gasteiger partial charge on any atom is -0.234 e. The lowest BCUT2D eigenvalue weighted by Crippen LogP contribution is -2.37. The Balaban J connectivity index is 2.34. The zero-order valence-electron chi connectivity index (χ0n) is 22.5. The highest BCUT2D eigenvalue weighted by Crippen LogP contribution is 2.13. The fourth-order valence-corrected chi connectivity index (χ4v) is 4.91. The fraction of sp³-hybridized carbons (Fsp3) is 0.900. The van der Waals surface area contributed by atoms with Crippen LogP contribution in [0.15, 0.2) is 12.4 Å². The molecule has 0 bridgehead atoms. The largest absolute Gasteiger partial charge is 0.256 e. The van der Waals surface area contributed by atoms with Crippen LogP contribution < -0.4 is 4.57 Å². The van der Waals surface area contributed by atoms with E-state index in [1.807, 2.05) is 0 Å². The maximum atomic E-state index is 2.60. The highest BCUT2D eigenvalue weighted by molar-refractivity contribution is 4.84. The normalized spacial score (nSPS) is 11.5. The Labute approximate surface area is 202 Å². The van der Waals surface area contributed by atoms with Gasteiger partial charge in [0.25, 0.3) is 5.82 Å². The Hall–Kier alpha value is -0.790. The van der Waals surface area contributed by atoms with Crippen LogP contribution in [0.2, 0.25) is 0 Å². The molecule has 0 N–H and O–H groups in total. The second-order valence-corrected chi connectivity index (χ2v) is 10.2. The maximum Gasteiger partial charge on any atom is 0.256 e. The van der Waals surface area contributed by atoms with Crippen LogP contribution in [-0.4, -0.2) is 4.57 Å².